The minimum absolute atomic E-state index is 0.167. The second-order valence-corrected chi connectivity index (χ2v) is 7.55. The van der Waals surface area contributed by atoms with Crippen LogP contribution in [0.15, 0.2) is 18.2 Å². The van der Waals surface area contributed by atoms with Crippen molar-refractivity contribution in [3.63, 3.8) is 0 Å². The van der Waals surface area contributed by atoms with E-state index in [0.717, 1.165) is 12.1 Å². The standard InChI is InChI=1S/C17H21BF3NO3/c1-15(2)16(3,4)25-18(24-15)12-8-11(17(19,20)21)9-13(10-12)22-7-5-6-14(22)23/h8-10H,5-7H2,1-4H3. The van der Waals surface area contributed by atoms with Crippen LogP contribution in [0.3, 0.4) is 0 Å². The number of amides is 1. The normalized spacial score (nSPS) is 22.8. The number of alkyl halides is 3. The molecule has 1 aromatic carbocycles. The molecular weight excluding hydrogens is 334 g/mol. The lowest BCUT2D eigenvalue weighted by molar-refractivity contribution is -0.137. The van der Waals surface area contributed by atoms with E-state index in [4.69, 9.17) is 9.31 Å². The second kappa shape index (κ2) is 5.74. The molecule has 2 saturated heterocycles. The number of hydrogen-bond donors (Lipinski definition) is 0. The lowest BCUT2D eigenvalue weighted by Crippen LogP contribution is -2.41. The van der Waals surface area contributed by atoms with Gasteiger partial charge in [0.15, 0.2) is 0 Å². The van der Waals surface area contributed by atoms with Crippen LogP contribution in [0.2, 0.25) is 0 Å². The average Bonchev–Trinajstić information content (AvgIpc) is 2.99. The van der Waals surface area contributed by atoms with Gasteiger partial charge >= 0.3 is 13.3 Å². The lowest BCUT2D eigenvalue weighted by Gasteiger charge is -2.32. The fourth-order valence-electron chi connectivity index (χ4n) is 2.99. The molecule has 2 heterocycles. The molecular formula is C17H21BF3NO3. The van der Waals surface area contributed by atoms with Gasteiger partial charge in [-0.05, 0) is 51.7 Å². The molecule has 0 radical (unpaired) electrons. The van der Waals surface area contributed by atoms with Crippen molar-refractivity contribution in [1.82, 2.24) is 0 Å². The van der Waals surface area contributed by atoms with Gasteiger partial charge in [0.25, 0.3) is 0 Å². The van der Waals surface area contributed by atoms with E-state index in [2.05, 4.69) is 0 Å². The van der Waals surface area contributed by atoms with Crippen LogP contribution < -0.4 is 10.4 Å². The Morgan fingerprint density at radius 3 is 2.16 bits per heavy atom. The third kappa shape index (κ3) is 3.29. The molecule has 0 aromatic heterocycles. The largest absolute Gasteiger partial charge is 0.494 e. The quantitative estimate of drug-likeness (QED) is 0.766. The molecule has 4 nitrogen and oxygen atoms in total. The van der Waals surface area contributed by atoms with Crippen molar-refractivity contribution < 1.29 is 27.3 Å². The summed E-state index contributed by atoms with van der Waals surface area (Å²) >= 11 is 0. The highest BCUT2D eigenvalue weighted by atomic mass is 19.4. The predicted octanol–water partition coefficient (Wildman–Crippen LogP) is 3.13. The van der Waals surface area contributed by atoms with Crippen molar-refractivity contribution in [1.29, 1.82) is 0 Å². The zero-order valence-corrected chi connectivity index (χ0v) is 14.7. The highest BCUT2D eigenvalue weighted by Gasteiger charge is 2.52. The molecule has 0 bridgehead atoms. The summed E-state index contributed by atoms with van der Waals surface area (Å²) in [4.78, 5) is 13.3. The summed E-state index contributed by atoms with van der Waals surface area (Å²) < 4.78 is 51.8. The van der Waals surface area contributed by atoms with Crippen LogP contribution in [0.1, 0.15) is 46.1 Å². The molecule has 0 atom stereocenters. The minimum Gasteiger partial charge on any atom is -0.399 e. The molecule has 25 heavy (non-hydrogen) atoms. The molecule has 0 spiro atoms. The molecule has 2 aliphatic heterocycles. The first-order chi connectivity index (χ1) is 11.4. The maximum atomic E-state index is 13.3. The van der Waals surface area contributed by atoms with Gasteiger partial charge in [0.1, 0.15) is 0 Å². The maximum Gasteiger partial charge on any atom is 0.494 e. The van der Waals surface area contributed by atoms with E-state index in [1.165, 1.54) is 4.90 Å². The van der Waals surface area contributed by atoms with Crippen molar-refractivity contribution in [2.75, 3.05) is 11.4 Å². The molecule has 0 unspecified atom stereocenters. The predicted molar refractivity (Wildman–Crippen MR) is 88.7 cm³/mol. The number of carbonyl (C=O) groups excluding carboxylic acids is 1. The smallest absolute Gasteiger partial charge is 0.399 e. The molecule has 2 fully saturated rings. The maximum absolute atomic E-state index is 13.3. The second-order valence-electron chi connectivity index (χ2n) is 7.55. The van der Waals surface area contributed by atoms with E-state index in [1.54, 1.807) is 6.07 Å². The van der Waals surface area contributed by atoms with Gasteiger partial charge in [0, 0.05) is 18.7 Å². The number of halogens is 3. The Bertz CT molecular complexity index is 687. The number of anilines is 1. The van der Waals surface area contributed by atoms with Gasteiger partial charge in [-0.2, -0.15) is 13.2 Å². The topological polar surface area (TPSA) is 38.8 Å². The third-order valence-corrected chi connectivity index (χ3v) is 5.18. The number of benzene rings is 1. The van der Waals surface area contributed by atoms with E-state index in [-0.39, 0.29) is 17.1 Å². The molecule has 0 saturated carbocycles. The molecule has 3 rings (SSSR count). The highest BCUT2D eigenvalue weighted by molar-refractivity contribution is 6.62. The van der Waals surface area contributed by atoms with Crippen molar-refractivity contribution in [3.05, 3.63) is 23.8 Å². The average molecular weight is 355 g/mol. The van der Waals surface area contributed by atoms with Crippen molar-refractivity contribution >= 4 is 24.2 Å². The van der Waals surface area contributed by atoms with Gasteiger partial charge in [-0.3, -0.25) is 4.79 Å². The molecule has 8 heteroatoms. The Kier molecular flexibility index (Phi) is 4.19. The van der Waals surface area contributed by atoms with Crippen LogP contribution in [-0.4, -0.2) is 30.8 Å². The van der Waals surface area contributed by atoms with Crippen LogP contribution >= 0.6 is 0 Å². The number of rotatable bonds is 2. The van der Waals surface area contributed by atoms with E-state index in [0.29, 0.717) is 19.4 Å². The number of nitrogens with zero attached hydrogens (tertiary/aromatic N) is 1. The SMILES string of the molecule is CC1(C)OB(c2cc(N3CCCC3=O)cc(C(F)(F)F)c2)OC1(C)C. The monoisotopic (exact) mass is 355 g/mol. The van der Waals surface area contributed by atoms with Crippen LogP contribution in [0, 0.1) is 0 Å². The fraction of sp³-hybridized carbons (Fsp3) is 0.588. The van der Waals surface area contributed by atoms with Gasteiger partial charge < -0.3 is 14.2 Å². The first-order valence-corrected chi connectivity index (χ1v) is 8.29. The summed E-state index contributed by atoms with van der Waals surface area (Å²) in [5.41, 5.74) is -1.62. The number of hydrogen-bond acceptors (Lipinski definition) is 3. The summed E-state index contributed by atoms with van der Waals surface area (Å²) in [5, 5.41) is 0. The molecule has 0 aliphatic carbocycles. The highest BCUT2D eigenvalue weighted by Crippen LogP contribution is 2.38. The zero-order chi connectivity index (χ0) is 18.6. The lowest BCUT2D eigenvalue weighted by atomic mass is 9.78. The van der Waals surface area contributed by atoms with Crippen molar-refractivity contribution in [2.45, 2.75) is 57.9 Å². The Balaban J connectivity index is 2.03. The third-order valence-electron chi connectivity index (χ3n) is 5.18. The Morgan fingerprint density at radius 1 is 1.08 bits per heavy atom. The van der Waals surface area contributed by atoms with Gasteiger partial charge in [0.2, 0.25) is 5.91 Å². The summed E-state index contributed by atoms with van der Waals surface area (Å²) in [6.45, 7) is 7.77. The summed E-state index contributed by atoms with van der Waals surface area (Å²) in [5.74, 6) is -0.167. The van der Waals surface area contributed by atoms with Crippen molar-refractivity contribution in [2.24, 2.45) is 0 Å². The Labute approximate surface area is 145 Å². The van der Waals surface area contributed by atoms with E-state index < -0.39 is 30.1 Å². The zero-order valence-electron chi connectivity index (χ0n) is 14.7. The Morgan fingerprint density at radius 2 is 1.68 bits per heavy atom. The van der Waals surface area contributed by atoms with Gasteiger partial charge in [-0.15, -0.1) is 0 Å². The van der Waals surface area contributed by atoms with E-state index in [1.807, 2.05) is 27.7 Å². The molecule has 2 aliphatic rings. The molecule has 1 amide bonds. The summed E-state index contributed by atoms with van der Waals surface area (Å²) in [6, 6.07) is 3.60. The summed E-state index contributed by atoms with van der Waals surface area (Å²) in [7, 11) is -0.913. The van der Waals surface area contributed by atoms with Gasteiger partial charge in [-0.1, -0.05) is 6.07 Å². The Hall–Kier alpha value is -1.54. The summed E-state index contributed by atoms with van der Waals surface area (Å²) in [6.07, 6.45) is -3.53. The first kappa shape index (κ1) is 18.3. The van der Waals surface area contributed by atoms with Crippen LogP contribution in [0.4, 0.5) is 18.9 Å². The minimum atomic E-state index is -4.52. The fourth-order valence-corrected chi connectivity index (χ4v) is 2.99. The first-order valence-electron chi connectivity index (χ1n) is 8.29. The molecule has 0 N–H and O–H groups in total. The molecule has 136 valence electrons. The van der Waals surface area contributed by atoms with Crippen molar-refractivity contribution in [3.8, 4) is 0 Å². The van der Waals surface area contributed by atoms with Crippen LogP contribution in [-0.2, 0) is 20.3 Å². The molecule has 1 aromatic rings. The number of carbonyl (C=O) groups is 1. The van der Waals surface area contributed by atoms with Gasteiger partial charge in [0.05, 0.1) is 16.8 Å². The van der Waals surface area contributed by atoms with Crippen LogP contribution in [0.25, 0.3) is 0 Å². The van der Waals surface area contributed by atoms with E-state index >= 15 is 0 Å². The van der Waals surface area contributed by atoms with Gasteiger partial charge in [-0.25, -0.2) is 0 Å². The van der Waals surface area contributed by atoms with Crippen LogP contribution in [0.5, 0.6) is 0 Å². The van der Waals surface area contributed by atoms with E-state index in [9.17, 15) is 18.0 Å².